The summed E-state index contributed by atoms with van der Waals surface area (Å²) in [4.78, 5) is 26.2. The van der Waals surface area contributed by atoms with Crippen molar-refractivity contribution in [3.63, 3.8) is 0 Å². The van der Waals surface area contributed by atoms with Crippen LogP contribution < -0.4 is 5.32 Å². The Morgan fingerprint density at radius 2 is 1.67 bits per heavy atom. The molecule has 2 N–H and O–H groups in total. The van der Waals surface area contributed by atoms with Gasteiger partial charge in [0.05, 0.1) is 5.69 Å². The summed E-state index contributed by atoms with van der Waals surface area (Å²) in [5.41, 5.74) is 3.73. The van der Waals surface area contributed by atoms with Gasteiger partial charge in [-0.3, -0.25) is 4.79 Å². The zero-order chi connectivity index (χ0) is 20.7. The Kier molecular flexibility index (Phi) is 4.39. The molecule has 2 amide bonds. The number of urea groups is 1. The van der Waals surface area contributed by atoms with Gasteiger partial charge in [0.15, 0.2) is 0 Å². The monoisotopic (exact) mass is 399 g/mol. The lowest BCUT2D eigenvalue weighted by atomic mass is 10.0. The second kappa shape index (κ2) is 7.22. The highest BCUT2D eigenvalue weighted by molar-refractivity contribution is 6.01. The van der Waals surface area contributed by atoms with Gasteiger partial charge in [0.25, 0.3) is 0 Å². The van der Waals surface area contributed by atoms with Crippen molar-refractivity contribution in [2.75, 3.05) is 11.9 Å². The van der Waals surface area contributed by atoms with Crippen molar-refractivity contribution in [1.29, 1.82) is 0 Å². The molecule has 6 heteroatoms. The van der Waals surface area contributed by atoms with E-state index in [9.17, 15) is 14.7 Å². The largest absolute Gasteiger partial charge is 0.480 e. The summed E-state index contributed by atoms with van der Waals surface area (Å²) < 4.78 is 1.87. The third-order valence-corrected chi connectivity index (χ3v) is 5.77. The fourth-order valence-corrected chi connectivity index (χ4v) is 4.42. The first-order valence-electron chi connectivity index (χ1n) is 9.96. The number of fused-ring (bicyclic) bond motifs is 4. The van der Waals surface area contributed by atoms with E-state index in [0.29, 0.717) is 19.5 Å². The first-order valence-corrected chi connectivity index (χ1v) is 9.96. The van der Waals surface area contributed by atoms with E-state index in [1.165, 1.54) is 0 Å². The first-order chi connectivity index (χ1) is 14.6. The normalized spacial score (nSPS) is 13.4. The average Bonchev–Trinajstić information content (AvgIpc) is 3.07. The van der Waals surface area contributed by atoms with Crippen LogP contribution in [0.15, 0.2) is 66.7 Å². The molecule has 2 heterocycles. The molecule has 0 fully saturated rings. The number of aliphatic carboxylic acids is 1. The van der Waals surface area contributed by atoms with Crippen LogP contribution in [0.1, 0.15) is 11.3 Å². The minimum Gasteiger partial charge on any atom is -0.480 e. The maximum Gasteiger partial charge on any atom is 0.323 e. The average molecular weight is 399 g/mol. The summed E-state index contributed by atoms with van der Waals surface area (Å²) in [6.07, 6.45) is 0.625. The molecule has 3 aromatic carbocycles. The lowest BCUT2D eigenvalue weighted by Gasteiger charge is -2.28. The maximum atomic E-state index is 13.1. The van der Waals surface area contributed by atoms with Crippen molar-refractivity contribution >= 4 is 39.4 Å². The molecule has 30 heavy (non-hydrogen) atoms. The summed E-state index contributed by atoms with van der Waals surface area (Å²) in [7, 11) is 0. The Balaban J connectivity index is 1.45. The molecule has 6 nitrogen and oxygen atoms in total. The summed E-state index contributed by atoms with van der Waals surface area (Å²) >= 11 is 0. The van der Waals surface area contributed by atoms with Crippen molar-refractivity contribution in [1.82, 2.24) is 9.47 Å². The second-order valence-electron chi connectivity index (χ2n) is 7.55. The Morgan fingerprint density at radius 3 is 2.50 bits per heavy atom. The number of carboxylic acid groups (broad SMARTS) is 1. The van der Waals surface area contributed by atoms with Crippen LogP contribution in [0.5, 0.6) is 0 Å². The van der Waals surface area contributed by atoms with Crippen molar-refractivity contribution in [2.45, 2.75) is 19.5 Å². The van der Waals surface area contributed by atoms with E-state index >= 15 is 0 Å². The minimum atomic E-state index is -0.866. The number of carboxylic acids is 1. The summed E-state index contributed by atoms with van der Waals surface area (Å²) in [5, 5.41) is 15.5. The number of carbonyl (C=O) groups is 2. The number of rotatable bonds is 3. The molecule has 0 radical (unpaired) electrons. The van der Waals surface area contributed by atoms with Crippen molar-refractivity contribution in [2.24, 2.45) is 0 Å². The highest BCUT2D eigenvalue weighted by Crippen LogP contribution is 2.31. The van der Waals surface area contributed by atoms with E-state index < -0.39 is 5.97 Å². The van der Waals surface area contributed by atoms with Crippen LogP contribution in [-0.4, -0.2) is 33.1 Å². The number of benzene rings is 3. The van der Waals surface area contributed by atoms with E-state index in [4.69, 9.17) is 0 Å². The van der Waals surface area contributed by atoms with Crippen LogP contribution in [-0.2, 0) is 24.3 Å². The molecule has 0 saturated heterocycles. The predicted molar refractivity (Wildman–Crippen MR) is 117 cm³/mol. The summed E-state index contributed by atoms with van der Waals surface area (Å²) in [5.74, 6) is -0.866. The Bertz CT molecular complexity index is 1290. The Morgan fingerprint density at radius 1 is 0.933 bits per heavy atom. The van der Waals surface area contributed by atoms with Gasteiger partial charge in [0.1, 0.15) is 6.54 Å². The predicted octanol–water partition coefficient (Wildman–Crippen LogP) is 4.47. The molecule has 5 rings (SSSR count). The first kappa shape index (κ1) is 18.2. The van der Waals surface area contributed by atoms with Gasteiger partial charge in [-0.05, 0) is 17.5 Å². The lowest BCUT2D eigenvalue weighted by molar-refractivity contribution is -0.137. The highest BCUT2D eigenvalue weighted by atomic mass is 16.4. The van der Waals surface area contributed by atoms with E-state index in [2.05, 4.69) is 5.32 Å². The third kappa shape index (κ3) is 3.06. The Labute approximate surface area is 173 Å². The fraction of sp³-hybridized carbons (Fsp3) is 0.167. The van der Waals surface area contributed by atoms with Gasteiger partial charge in [0.2, 0.25) is 0 Å². The Hall–Kier alpha value is -3.80. The number of nitrogens with zero attached hydrogens (tertiary/aromatic N) is 2. The molecule has 4 aromatic rings. The van der Waals surface area contributed by atoms with E-state index in [-0.39, 0.29) is 12.6 Å². The minimum absolute atomic E-state index is 0.0714. The second-order valence-corrected chi connectivity index (χ2v) is 7.55. The molecule has 0 bridgehead atoms. The quantitative estimate of drug-likeness (QED) is 0.534. The van der Waals surface area contributed by atoms with Gasteiger partial charge in [-0.25, -0.2) is 4.79 Å². The van der Waals surface area contributed by atoms with Gasteiger partial charge in [-0.2, -0.15) is 0 Å². The van der Waals surface area contributed by atoms with E-state index in [1.54, 1.807) is 4.90 Å². The fourth-order valence-electron chi connectivity index (χ4n) is 4.42. The molecular formula is C24H21N3O3. The van der Waals surface area contributed by atoms with Gasteiger partial charge < -0.3 is 19.9 Å². The molecule has 1 aliphatic rings. The third-order valence-electron chi connectivity index (χ3n) is 5.77. The molecule has 1 aliphatic heterocycles. The van der Waals surface area contributed by atoms with Crippen LogP contribution >= 0.6 is 0 Å². The zero-order valence-electron chi connectivity index (χ0n) is 16.3. The number of hydrogen-bond acceptors (Lipinski definition) is 2. The summed E-state index contributed by atoms with van der Waals surface area (Å²) in [6, 6.07) is 21.5. The van der Waals surface area contributed by atoms with Crippen LogP contribution in [0.25, 0.3) is 21.7 Å². The van der Waals surface area contributed by atoms with Crippen molar-refractivity contribution in [3.05, 3.63) is 78.0 Å². The number of anilines is 1. The molecule has 1 aromatic heterocycles. The standard InChI is InChI=1S/C24H21N3O3/c28-23(29)15-27-21-11-4-3-9-18(21)19-14-26(13-12-22(19)27)24(30)25-20-10-5-7-16-6-1-2-8-17(16)20/h1-11H,12-15H2,(H,25,30)(H,28,29). The molecule has 0 spiro atoms. The summed E-state index contributed by atoms with van der Waals surface area (Å²) in [6.45, 7) is 0.927. The number of para-hydroxylation sites is 1. The molecular weight excluding hydrogens is 378 g/mol. The zero-order valence-corrected chi connectivity index (χ0v) is 16.3. The van der Waals surface area contributed by atoms with Gasteiger partial charge in [0, 0.05) is 47.1 Å². The van der Waals surface area contributed by atoms with Crippen LogP contribution in [0, 0.1) is 0 Å². The molecule has 150 valence electrons. The topological polar surface area (TPSA) is 74.6 Å². The van der Waals surface area contributed by atoms with E-state index in [0.717, 1.165) is 38.6 Å². The number of amides is 2. The SMILES string of the molecule is O=C(O)Cn1c2c(c3ccccc31)CN(C(=O)Nc1cccc3ccccc13)CC2. The molecule has 0 aliphatic carbocycles. The molecule has 0 atom stereocenters. The van der Waals surface area contributed by atoms with Crippen molar-refractivity contribution < 1.29 is 14.7 Å². The van der Waals surface area contributed by atoms with E-state index in [1.807, 2.05) is 71.3 Å². The molecule has 0 unspecified atom stereocenters. The van der Waals surface area contributed by atoms with Crippen molar-refractivity contribution in [3.8, 4) is 0 Å². The smallest absolute Gasteiger partial charge is 0.323 e. The number of carbonyl (C=O) groups excluding carboxylic acids is 1. The number of aromatic nitrogens is 1. The number of hydrogen-bond donors (Lipinski definition) is 2. The van der Waals surface area contributed by atoms with Gasteiger partial charge >= 0.3 is 12.0 Å². The van der Waals surface area contributed by atoms with Crippen LogP contribution in [0.3, 0.4) is 0 Å². The molecule has 0 saturated carbocycles. The van der Waals surface area contributed by atoms with Crippen LogP contribution in [0.2, 0.25) is 0 Å². The van der Waals surface area contributed by atoms with Gasteiger partial charge in [-0.15, -0.1) is 0 Å². The number of nitrogens with one attached hydrogen (secondary N) is 1. The van der Waals surface area contributed by atoms with Gasteiger partial charge in [-0.1, -0.05) is 54.6 Å². The van der Waals surface area contributed by atoms with Crippen LogP contribution in [0.4, 0.5) is 10.5 Å². The maximum absolute atomic E-state index is 13.1. The highest BCUT2D eigenvalue weighted by Gasteiger charge is 2.27. The lowest BCUT2D eigenvalue weighted by Crippen LogP contribution is -2.39.